The summed E-state index contributed by atoms with van der Waals surface area (Å²) < 4.78 is 18.5. The number of carbonyl (C=O) groups is 1. The van der Waals surface area contributed by atoms with Crippen molar-refractivity contribution in [3.8, 4) is 17.2 Å². The summed E-state index contributed by atoms with van der Waals surface area (Å²) in [6.45, 7) is 3.47. The lowest BCUT2D eigenvalue weighted by Crippen LogP contribution is -2.10. The number of hydrogen-bond acceptors (Lipinski definition) is 7. The molecule has 0 aliphatic carbocycles. The average molecular weight is 263 g/mol. The Morgan fingerprint density at radius 1 is 1.37 bits per heavy atom. The molecule has 1 heterocycles. The van der Waals surface area contributed by atoms with E-state index in [1.54, 1.807) is 12.1 Å². The molecule has 0 saturated heterocycles. The van der Waals surface area contributed by atoms with Crippen molar-refractivity contribution in [2.45, 2.75) is 0 Å². The lowest BCUT2D eigenvalue weighted by atomic mass is 10.2. The summed E-state index contributed by atoms with van der Waals surface area (Å²) in [7, 11) is 0. The van der Waals surface area contributed by atoms with Crippen LogP contribution in [0.5, 0.6) is 5.75 Å². The minimum atomic E-state index is -0.886. The van der Waals surface area contributed by atoms with Crippen LogP contribution in [0, 0.1) is 0 Å². The van der Waals surface area contributed by atoms with Crippen LogP contribution >= 0.6 is 0 Å². The zero-order valence-electron chi connectivity index (χ0n) is 9.70. The van der Waals surface area contributed by atoms with Gasteiger partial charge in [-0.1, -0.05) is 12.7 Å². The molecule has 98 valence electrons. The molecule has 0 aliphatic rings. The van der Waals surface area contributed by atoms with Crippen molar-refractivity contribution >= 4 is 6.16 Å². The van der Waals surface area contributed by atoms with E-state index in [2.05, 4.69) is 25.4 Å². The van der Waals surface area contributed by atoms with E-state index in [0.717, 1.165) is 0 Å². The Kier molecular flexibility index (Phi) is 3.77. The van der Waals surface area contributed by atoms with Gasteiger partial charge < -0.3 is 13.9 Å². The van der Waals surface area contributed by atoms with E-state index in [-0.39, 0.29) is 18.2 Å². The number of ether oxygens (including phenoxy) is 2. The number of benzene rings is 1. The van der Waals surface area contributed by atoms with Gasteiger partial charge in [-0.2, -0.15) is 0 Å². The van der Waals surface area contributed by atoms with Crippen LogP contribution in [-0.4, -0.2) is 17.9 Å². The highest BCUT2D eigenvalue weighted by atomic mass is 16.7. The normalized spacial score (nSPS) is 9.89. The molecule has 0 N–H and O–H groups in total. The second-order valence-electron chi connectivity index (χ2n) is 3.32. The van der Waals surface area contributed by atoms with Crippen molar-refractivity contribution in [3.63, 3.8) is 0 Å². The fourth-order valence-corrected chi connectivity index (χ4v) is 1.22. The largest absolute Gasteiger partial charge is 0.542 e. The van der Waals surface area contributed by atoms with Gasteiger partial charge in [-0.05, 0) is 29.4 Å². The second kappa shape index (κ2) is 5.67. The topological polar surface area (TPSA) is 91.8 Å². The lowest BCUT2D eigenvalue weighted by molar-refractivity contribution is 0.109. The molecule has 7 nitrogen and oxygen atoms in total. The number of nitrogens with zero attached hydrogens (tertiary/aromatic N) is 1. The highest BCUT2D eigenvalue weighted by molar-refractivity contribution is 5.64. The first-order chi connectivity index (χ1) is 9.19. The third kappa shape index (κ3) is 3.32. The van der Waals surface area contributed by atoms with E-state index in [0.29, 0.717) is 5.56 Å². The van der Waals surface area contributed by atoms with Crippen LogP contribution in [0.1, 0.15) is 0 Å². The molecule has 7 heteroatoms. The van der Waals surface area contributed by atoms with Gasteiger partial charge in [0.25, 0.3) is 5.89 Å². The van der Waals surface area contributed by atoms with Gasteiger partial charge in [0.05, 0.1) is 0 Å². The average Bonchev–Trinajstić information content (AvgIpc) is 2.84. The predicted molar refractivity (Wildman–Crippen MR) is 62.6 cm³/mol. The van der Waals surface area contributed by atoms with Gasteiger partial charge >= 0.3 is 12.0 Å². The van der Waals surface area contributed by atoms with Crippen molar-refractivity contribution in [2.75, 3.05) is 6.61 Å². The first-order valence-corrected chi connectivity index (χ1v) is 5.22. The molecule has 0 spiro atoms. The van der Waals surface area contributed by atoms with Crippen LogP contribution in [0.4, 0.5) is 4.79 Å². The van der Waals surface area contributed by atoms with Crippen LogP contribution in [0.3, 0.4) is 0 Å². The third-order valence-corrected chi connectivity index (χ3v) is 2.00. The van der Waals surface area contributed by atoms with Gasteiger partial charge in [0.1, 0.15) is 12.4 Å². The number of aromatic nitrogens is 1. The van der Waals surface area contributed by atoms with E-state index in [4.69, 9.17) is 4.74 Å². The van der Waals surface area contributed by atoms with Gasteiger partial charge in [-0.25, -0.2) is 9.59 Å². The molecule has 0 saturated carbocycles. The highest BCUT2D eigenvalue weighted by Crippen LogP contribution is 2.20. The summed E-state index contributed by atoms with van der Waals surface area (Å²) in [5, 5.41) is 3.42. The van der Waals surface area contributed by atoms with Gasteiger partial charge in [0.2, 0.25) is 0 Å². The molecule has 1 aromatic carbocycles. The molecule has 2 rings (SSSR count). The maximum Gasteiger partial charge on any atom is 0.542 e. The zero-order chi connectivity index (χ0) is 13.7. The smallest absolute Gasteiger partial charge is 0.430 e. The molecule has 0 bridgehead atoms. The van der Waals surface area contributed by atoms with Gasteiger partial charge in [0, 0.05) is 5.56 Å². The molecular formula is C12H9NO6. The SMILES string of the molecule is C=CCOC(=O)Oc1ccc(-c2noc(=O)o2)cc1. The Morgan fingerprint density at radius 2 is 2.11 bits per heavy atom. The van der Waals surface area contributed by atoms with Crippen LogP contribution < -0.4 is 10.6 Å². The Balaban J connectivity index is 2.04. The first kappa shape index (κ1) is 12.6. The molecule has 19 heavy (non-hydrogen) atoms. The van der Waals surface area contributed by atoms with Gasteiger partial charge in [-0.3, -0.25) is 4.52 Å². The van der Waals surface area contributed by atoms with Gasteiger partial charge in [0.15, 0.2) is 0 Å². The predicted octanol–water partition coefficient (Wildman–Crippen LogP) is 2.00. The van der Waals surface area contributed by atoms with Crippen molar-refractivity contribution < 1.29 is 23.2 Å². The second-order valence-corrected chi connectivity index (χ2v) is 3.32. The van der Waals surface area contributed by atoms with E-state index in [9.17, 15) is 9.59 Å². The lowest BCUT2D eigenvalue weighted by Gasteiger charge is -2.03. The van der Waals surface area contributed by atoms with E-state index in [1.165, 1.54) is 18.2 Å². The molecule has 0 radical (unpaired) electrons. The Hall–Kier alpha value is -2.83. The van der Waals surface area contributed by atoms with Crippen LogP contribution in [0.2, 0.25) is 0 Å². The van der Waals surface area contributed by atoms with Gasteiger partial charge in [-0.15, -0.1) is 0 Å². The summed E-state index contributed by atoms with van der Waals surface area (Å²) >= 11 is 0. The van der Waals surface area contributed by atoms with Crippen molar-refractivity contribution in [1.29, 1.82) is 0 Å². The fourth-order valence-electron chi connectivity index (χ4n) is 1.22. The quantitative estimate of drug-likeness (QED) is 0.473. The molecule has 0 amide bonds. The molecule has 0 atom stereocenters. The number of hydrogen-bond donors (Lipinski definition) is 0. The Bertz CT molecular complexity index is 624. The summed E-state index contributed by atoms with van der Waals surface area (Å²) in [5.41, 5.74) is 0.512. The van der Waals surface area contributed by atoms with Crippen LogP contribution in [-0.2, 0) is 4.74 Å². The summed E-state index contributed by atoms with van der Waals surface area (Å²) in [6.07, 6.45) is 0.595. The summed E-state index contributed by atoms with van der Waals surface area (Å²) in [6, 6.07) is 6.10. The number of rotatable bonds is 4. The summed E-state index contributed by atoms with van der Waals surface area (Å²) in [4.78, 5) is 21.8. The zero-order valence-corrected chi connectivity index (χ0v) is 9.70. The molecule has 0 unspecified atom stereocenters. The number of carbonyl (C=O) groups excluding carboxylic acids is 1. The first-order valence-electron chi connectivity index (χ1n) is 5.22. The summed E-state index contributed by atoms with van der Waals surface area (Å²) in [5.74, 6) is -0.558. The van der Waals surface area contributed by atoms with Crippen LogP contribution in [0.15, 0.2) is 50.7 Å². The molecule has 0 aliphatic heterocycles. The fraction of sp³-hybridized carbons (Fsp3) is 0.0833. The van der Waals surface area contributed by atoms with Crippen molar-refractivity contribution in [3.05, 3.63) is 47.5 Å². The standard InChI is InChI=1S/C12H9NO6/c1-2-7-16-11(14)17-9-5-3-8(4-6-9)10-13-19-12(15)18-10/h2-6H,1,7H2. The van der Waals surface area contributed by atoms with E-state index < -0.39 is 12.0 Å². The van der Waals surface area contributed by atoms with E-state index >= 15 is 0 Å². The minimum absolute atomic E-state index is 0.0470. The molecule has 0 fully saturated rings. The maximum atomic E-state index is 11.2. The maximum absolute atomic E-state index is 11.2. The van der Waals surface area contributed by atoms with Crippen molar-refractivity contribution in [2.24, 2.45) is 0 Å². The molecular weight excluding hydrogens is 254 g/mol. The van der Waals surface area contributed by atoms with E-state index in [1.807, 2.05) is 0 Å². The highest BCUT2D eigenvalue weighted by Gasteiger charge is 2.09. The Morgan fingerprint density at radius 3 is 2.68 bits per heavy atom. The molecule has 2 aromatic rings. The molecule has 1 aromatic heterocycles. The van der Waals surface area contributed by atoms with Crippen molar-refractivity contribution in [1.82, 2.24) is 5.16 Å². The minimum Gasteiger partial charge on any atom is -0.430 e. The third-order valence-electron chi connectivity index (χ3n) is 2.00. The monoisotopic (exact) mass is 263 g/mol. The van der Waals surface area contributed by atoms with Crippen LogP contribution in [0.25, 0.3) is 11.5 Å². The Labute approximate surface area is 107 Å².